The Morgan fingerprint density at radius 1 is 0.591 bits per heavy atom. The van der Waals surface area contributed by atoms with Gasteiger partial charge in [-0.2, -0.15) is 26.3 Å². The van der Waals surface area contributed by atoms with Crippen LogP contribution < -0.4 is 15.6 Å². The number of carbonyl (C=O) groups excluding carboxylic acids is 2. The SMILES string of the molecule is C=c1c2cc3c(cc2c(=C)n1C(C)(C)C)C(=O)N(c1ccc(-c2ccc(C(C)(C)C)cc2C(F)(F)F)c(C(F)(F)F)c1)C3=O. The van der Waals surface area contributed by atoms with Crippen molar-refractivity contribution in [2.24, 2.45) is 0 Å². The lowest BCUT2D eigenvalue weighted by atomic mass is 9.83. The second-order valence-corrected chi connectivity index (χ2v) is 13.0. The minimum absolute atomic E-state index is 0.0202. The molecule has 4 aromatic rings. The molecule has 0 aliphatic carbocycles. The highest BCUT2D eigenvalue weighted by Crippen LogP contribution is 2.45. The monoisotopic (exact) mass is 612 g/mol. The second kappa shape index (κ2) is 9.58. The van der Waals surface area contributed by atoms with E-state index in [0.717, 1.165) is 24.3 Å². The molecule has 1 aliphatic heterocycles. The van der Waals surface area contributed by atoms with Crippen LogP contribution in [0.5, 0.6) is 0 Å². The van der Waals surface area contributed by atoms with Crippen LogP contribution in [0.2, 0.25) is 0 Å². The van der Waals surface area contributed by atoms with Gasteiger partial charge in [-0.15, -0.1) is 0 Å². The molecule has 230 valence electrons. The van der Waals surface area contributed by atoms with Crippen LogP contribution in [0.4, 0.5) is 32.0 Å². The number of fused-ring (bicyclic) bond motifs is 2. The van der Waals surface area contributed by atoms with Gasteiger partial charge >= 0.3 is 12.4 Å². The van der Waals surface area contributed by atoms with Crippen LogP contribution in [0, 0.1) is 0 Å². The average Bonchev–Trinajstić information content (AvgIpc) is 3.29. The maximum atomic E-state index is 14.4. The van der Waals surface area contributed by atoms with Gasteiger partial charge in [0.25, 0.3) is 11.8 Å². The van der Waals surface area contributed by atoms with Gasteiger partial charge in [-0.1, -0.05) is 52.1 Å². The van der Waals surface area contributed by atoms with Crippen LogP contribution in [0.3, 0.4) is 0 Å². The first kappa shape index (κ1) is 31.1. The zero-order chi connectivity index (χ0) is 32.9. The number of benzene rings is 3. The summed E-state index contributed by atoms with van der Waals surface area (Å²) < 4.78 is 87.7. The molecule has 0 radical (unpaired) electrons. The maximum absolute atomic E-state index is 14.4. The van der Waals surface area contributed by atoms with Crippen molar-refractivity contribution >= 4 is 41.4 Å². The molecule has 44 heavy (non-hydrogen) atoms. The van der Waals surface area contributed by atoms with Crippen molar-refractivity contribution in [3.63, 3.8) is 0 Å². The van der Waals surface area contributed by atoms with Gasteiger partial charge in [0.2, 0.25) is 0 Å². The van der Waals surface area contributed by atoms with Crippen molar-refractivity contribution in [3.8, 4) is 11.1 Å². The summed E-state index contributed by atoms with van der Waals surface area (Å²) in [6.07, 6.45) is -10.1. The number of alkyl halides is 6. The molecule has 1 aromatic heterocycles. The van der Waals surface area contributed by atoms with Gasteiger partial charge in [-0.3, -0.25) is 9.59 Å². The standard InChI is InChI=1S/C34H30F6N2O2/c1-17-23-15-25-26(16-24(23)18(2)42(17)32(6,7)8)30(44)41(29(25)43)20-10-12-22(28(14-20)34(38,39)40)21-11-9-19(31(3,4)5)13-27(21)33(35,36)37/h9-16H,1-2H2,3-8H3. The maximum Gasteiger partial charge on any atom is 0.417 e. The topological polar surface area (TPSA) is 42.3 Å². The zero-order valence-electron chi connectivity index (χ0n) is 25.0. The summed E-state index contributed by atoms with van der Waals surface area (Å²) in [6.45, 7) is 19.1. The summed E-state index contributed by atoms with van der Waals surface area (Å²) in [5.74, 6) is -1.71. The van der Waals surface area contributed by atoms with Crippen molar-refractivity contribution in [1.82, 2.24) is 4.57 Å². The normalized spacial score (nSPS) is 14.6. The van der Waals surface area contributed by atoms with Gasteiger partial charge in [-0.25, -0.2) is 4.90 Å². The molecule has 5 rings (SSSR count). The number of aromatic nitrogens is 1. The van der Waals surface area contributed by atoms with Crippen LogP contribution in [0.1, 0.15) is 78.9 Å². The Morgan fingerprint density at radius 2 is 1.02 bits per heavy atom. The molecule has 2 heterocycles. The predicted octanol–water partition coefficient (Wildman–Crippen LogP) is 8.02. The highest BCUT2D eigenvalue weighted by atomic mass is 19.4. The van der Waals surface area contributed by atoms with Gasteiger partial charge in [-0.05, 0) is 73.2 Å². The number of hydrogen-bond donors (Lipinski definition) is 0. The molecule has 0 saturated heterocycles. The molecule has 3 aromatic carbocycles. The molecule has 4 nitrogen and oxygen atoms in total. The fourth-order valence-electron chi connectivity index (χ4n) is 5.83. The summed E-state index contributed by atoms with van der Waals surface area (Å²) in [7, 11) is 0. The molecule has 2 amide bonds. The first-order chi connectivity index (χ1) is 20.0. The Hall–Kier alpha value is -4.34. The average molecular weight is 613 g/mol. The van der Waals surface area contributed by atoms with Crippen LogP contribution in [-0.2, 0) is 23.3 Å². The van der Waals surface area contributed by atoms with E-state index in [0.29, 0.717) is 38.0 Å². The number of rotatable bonds is 2. The number of carbonyl (C=O) groups is 2. The summed E-state index contributed by atoms with van der Waals surface area (Å²) in [5.41, 5.74) is -5.27. The van der Waals surface area contributed by atoms with E-state index >= 15 is 0 Å². The van der Waals surface area contributed by atoms with E-state index in [2.05, 4.69) is 13.2 Å². The molecule has 1 aliphatic rings. The highest BCUT2D eigenvalue weighted by Gasteiger charge is 2.42. The lowest BCUT2D eigenvalue weighted by molar-refractivity contribution is -0.139. The van der Waals surface area contributed by atoms with E-state index in [4.69, 9.17) is 0 Å². The molecule has 0 N–H and O–H groups in total. The number of anilines is 1. The number of hydrogen-bond acceptors (Lipinski definition) is 2. The third kappa shape index (κ3) is 4.90. The van der Waals surface area contributed by atoms with Crippen molar-refractivity contribution in [1.29, 1.82) is 0 Å². The van der Waals surface area contributed by atoms with Gasteiger partial charge < -0.3 is 4.57 Å². The quantitative estimate of drug-likeness (QED) is 0.170. The molecule has 0 spiro atoms. The van der Waals surface area contributed by atoms with E-state index in [1.165, 1.54) is 18.2 Å². The highest BCUT2D eigenvalue weighted by molar-refractivity contribution is 6.35. The third-order valence-electron chi connectivity index (χ3n) is 7.91. The molecule has 0 atom stereocenters. The van der Waals surface area contributed by atoms with E-state index in [9.17, 15) is 35.9 Å². The van der Waals surface area contributed by atoms with Crippen LogP contribution in [0.25, 0.3) is 35.1 Å². The largest absolute Gasteiger partial charge is 0.417 e. The number of amides is 2. The third-order valence-corrected chi connectivity index (χ3v) is 7.91. The smallest absolute Gasteiger partial charge is 0.336 e. The second-order valence-electron chi connectivity index (χ2n) is 13.0. The van der Waals surface area contributed by atoms with Crippen molar-refractivity contribution in [2.45, 2.75) is 64.8 Å². The van der Waals surface area contributed by atoms with Crippen molar-refractivity contribution < 1.29 is 35.9 Å². The fourth-order valence-corrected chi connectivity index (χ4v) is 5.83. The molecule has 0 bridgehead atoms. The molecular weight excluding hydrogens is 582 g/mol. The van der Waals surface area contributed by atoms with E-state index in [1.807, 2.05) is 25.3 Å². The lowest BCUT2D eigenvalue weighted by Crippen LogP contribution is -2.38. The number of imide groups is 1. The Labute approximate surface area is 249 Å². The first-order valence-corrected chi connectivity index (χ1v) is 13.7. The Bertz CT molecular complexity index is 1920. The Morgan fingerprint density at radius 3 is 1.43 bits per heavy atom. The summed E-state index contributed by atoms with van der Waals surface area (Å²) in [5, 5.41) is 2.24. The van der Waals surface area contributed by atoms with Crippen molar-refractivity contribution in [3.05, 3.63) is 87.0 Å². The van der Waals surface area contributed by atoms with Gasteiger partial charge in [0.05, 0.1) is 27.9 Å². The minimum Gasteiger partial charge on any atom is -0.336 e. The van der Waals surface area contributed by atoms with Gasteiger partial charge in [0.1, 0.15) is 0 Å². The van der Waals surface area contributed by atoms with Crippen LogP contribution in [-0.4, -0.2) is 16.4 Å². The summed E-state index contributed by atoms with van der Waals surface area (Å²) in [6, 6.07) is 8.68. The van der Waals surface area contributed by atoms with Crippen LogP contribution in [0.15, 0.2) is 48.5 Å². The minimum atomic E-state index is -5.11. The lowest BCUT2D eigenvalue weighted by Gasteiger charge is -2.24. The zero-order valence-corrected chi connectivity index (χ0v) is 25.0. The Kier molecular flexibility index (Phi) is 6.77. The van der Waals surface area contributed by atoms with E-state index < -0.39 is 63.1 Å². The van der Waals surface area contributed by atoms with Crippen molar-refractivity contribution in [2.75, 3.05) is 4.90 Å². The summed E-state index contributed by atoms with van der Waals surface area (Å²) >= 11 is 0. The van der Waals surface area contributed by atoms with Gasteiger partial charge in [0, 0.05) is 27.0 Å². The molecular formula is C34H30F6N2O2. The van der Waals surface area contributed by atoms with E-state index in [1.54, 1.807) is 20.8 Å². The molecule has 10 heteroatoms. The van der Waals surface area contributed by atoms with E-state index in [-0.39, 0.29) is 11.1 Å². The fraction of sp³-hybridized carbons (Fsp3) is 0.294. The van der Waals surface area contributed by atoms with Gasteiger partial charge in [0.15, 0.2) is 0 Å². The number of halogens is 6. The predicted molar refractivity (Wildman–Crippen MR) is 159 cm³/mol. The summed E-state index contributed by atoms with van der Waals surface area (Å²) in [4.78, 5) is 27.6. The molecule has 0 saturated carbocycles. The number of nitrogens with zero attached hydrogens (tertiary/aromatic N) is 2. The molecule has 0 fully saturated rings. The van der Waals surface area contributed by atoms with Crippen LogP contribution >= 0.6 is 0 Å². The molecule has 0 unspecified atom stereocenters. The Balaban J connectivity index is 1.67. The first-order valence-electron chi connectivity index (χ1n) is 13.7.